The fourth-order valence-electron chi connectivity index (χ4n) is 2.20. The number of rotatable bonds is 8. The van der Waals surface area contributed by atoms with Gasteiger partial charge in [-0.15, -0.1) is 5.10 Å². The van der Waals surface area contributed by atoms with Gasteiger partial charge in [-0.2, -0.15) is 0 Å². The van der Waals surface area contributed by atoms with Crippen LogP contribution in [0, 0.1) is 0 Å². The first-order chi connectivity index (χ1) is 10.2. The quantitative estimate of drug-likeness (QED) is 0.754. The number of methoxy groups -OCH3 is 2. The highest BCUT2D eigenvalue weighted by atomic mass is 16.5. The molecule has 0 aliphatic heterocycles. The van der Waals surface area contributed by atoms with E-state index in [1.165, 1.54) is 0 Å². The molecule has 2 rings (SSSR count). The smallest absolute Gasteiger partial charge is 0.127 e. The summed E-state index contributed by atoms with van der Waals surface area (Å²) in [6, 6.07) is 6.10. The normalized spacial score (nSPS) is 12.1. The standard InChI is InChI=1S/C15H22N4O2/c1-12(16-7-4-9-19-10-8-17-18-19)14-6-5-13(20-2)11-15(14)21-3/h5-6,8,10-12,16H,4,7,9H2,1-3H3. The lowest BCUT2D eigenvalue weighted by Gasteiger charge is -2.18. The summed E-state index contributed by atoms with van der Waals surface area (Å²) in [6.07, 6.45) is 4.56. The molecule has 0 amide bonds. The van der Waals surface area contributed by atoms with Gasteiger partial charge in [0, 0.05) is 30.4 Å². The summed E-state index contributed by atoms with van der Waals surface area (Å²) < 4.78 is 12.5. The highest BCUT2D eigenvalue weighted by Crippen LogP contribution is 2.29. The van der Waals surface area contributed by atoms with Crippen molar-refractivity contribution in [2.24, 2.45) is 0 Å². The second-order valence-electron chi connectivity index (χ2n) is 4.80. The molecule has 0 aliphatic rings. The topological polar surface area (TPSA) is 61.2 Å². The Morgan fingerprint density at radius 2 is 2.14 bits per heavy atom. The van der Waals surface area contributed by atoms with Gasteiger partial charge in [0.1, 0.15) is 11.5 Å². The molecular formula is C15H22N4O2. The second kappa shape index (κ2) is 7.64. The molecule has 1 aromatic heterocycles. The molecular weight excluding hydrogens is 268 g/mol. The molecule has 21 heavy (non-hydrogen) atoms. The van der Waals surface area contributed by atoms with Crippen molar-refractivity contribution < 1.29 is 9.47 Å². The summed E-state index contributed by atoms with van der Waals surface area (Å²) in [5.74, 6) is 1.64. The Kier molecular flexibility index (Phi) is 5.57. The van der Waals surface area contributed by atoms with E-state index in [2.05, 4.69) is 22.6 Å². The first-order valence-corrected chi connectivity index (χ1v) is 7.04. The number of hydrogen-bond donors (Lipinski definition) is 1. The molecule has 1 N–H and O–H groups in total. The van der Waals surface area contributed by atoms with Gasteiger partial charge in [-0.05, 0) is 26.0 Å². The van der Waals surface area contributed by atoms with Gasteiger partial charge in [0.05, 0.1) is 20.4 Å². The van der Waals surface area contributed by atoms with E-state index in [9.17, 15) is 0 Å². The van der Waals surface area contributed by atoms with Gasteiger partial charge in [0.25, 0.3) is 0 Å². The van der Waals surface area contributed by atoms with E-state index in [4.69, 9.17) is 9.47 Å². The van der Waals surface area contributed by atoms with Crippen molar-refractivity contribution in [3.05, 3.63) is 36.2 Å². The molecule has 0 radical (unpaired) electrons. The van der Waals surface area contributed by atoms with Gasteiger partial charge >= 0.3 is 0 Å². The lowest BCUT2D eigenvalue weighted by atomic mass is 10.1. The van der Waals surface area contributed by atoms with Crippen LogP contribution < -0.4 is 14.8 Å². The lowest BCUT2D eigenvalue weighted by molar-refractivity contribution is 0.385. The third kappa shape index (κ3) is 4.19. The zero-order valence-corrected chi connectivity index (χ0v) is 12.7. The van der Waals surface area contributed by atoms with E-state index < -0.39 is 0 Å². The molecule has 1 heterocycles. The minimum Gasteiger partial charge on any atom is -0.497 e. The number of benzene rings is 1. The highest BCUT2D eigenvalue weighted by Gasteiger charge is 2.11. The van der Waals surface area contributed by atoms with Crippen LogP contribution in [0.5, 0.6) is 11.5 Å². The molecule has 0 saturated heterocycles. The van der Waals surface area contributed by atoms with Gasteiger partial charge in [0.15, 0.2) is 0 Å². The monoisotopic (exact) mass is 290 g/mol. The maximum atomic E-state index is 5.43. The lowest BCUT2D eigenvalue weighted by Crippen LogP contribution is -2.21. The van der Waals surface area contributed by atoms with Crippen LogP contribution in [0.2, 0.25) is 0 Å². The largest absolute Gasteiger partial charge is 0.497 e. The molecule has 0 saturated carbocycles. The number of ether oxygens (including phenoxy) is 2. The summed E-state index contributed by atoms with van der Waals surface area (Å²) in [5.41, 5.74) is 1.12. The van der Waals surface area contributed by atoms with Gasteiger partial charge < -0.3 is 14.8 Å². The van der Waals surface area contributed by atoms with Crippen molar-refractivity contribution >= 4 is 0 Å². The van der Waals surface area contributed by atoms with E-state index in [1.807, 2.05) is 29.1 Å². The molecule has 0 spiro atoms. The average Bonchev–Trinajstić information content (AvgIpc) is 3.04. The van der Waals surface area contributed by atoms with Crippen LogP contribution >= 0.6 is 0 Å². The Balaban J connectivity index is 1.86. The fourth-order valence-corrected chi connectivity index (χ4v) is 2.20. The maximum Gasteiger partial charge on any atom is 0.127 e. The van der Waals surface area contributed by atoms with Crippen LogP contribution in [-0.2, 0) is 6.54 Å². The summed E-state index contributed by atoms with van der Waals surface area (Å²) in [5, 5.41) is 11.2. The van der Waals surface area contributed by atoms with E-state index in [0.717, 1.165) is 36.6 Å². The molecule has 1 unspecified atom stereocenters. The van der Waals surface area contributed by atoms with Crippen LogP contribution in [0.4, 0.5) is 0 Å². The molecule has 0 bridgehead atoms. The van der Waals surface area contributed by atoms with Gasteiger partial charge in [0.2, 0.25) is 0 Å². The van der Waals surface area contributed by atoms with E-state index >= 15 is 0 Å². The van der Waals surface area contributed by atoms with Crippen LogP contribution in [0.3, 0.4) is 0 Å². The number of aromatic nitrogens is 3. The molecule has 6 heteroatoms. The minimum atomic E-state index is 0.210. The molecule has 6 nitrogen and oxygen atoms in total. The van der Waals surface area contributed by atoms with Crippen molar-refractivity contribution in [1.82, 2.24) is 20.3 Å². The maximum absolute atomic E-state index is 5.43. The molecule has 0 fully saturated rings. The zero-order valence-electron chi connectivity index (χ0n) is 12.7. The molecule has 114 valence electrons. The van der Waals surface area contributed by atoms with Crippen molar-refractivity contribution in [2.75, 3.05) is 20.8 Å². The summed E-state index contributed by atoms with van der Waals surface area (Å²) in [4.78, 5) is 0. The first-order valence-electron chi connectivity index (χ1n) is 7.04. The van der Waals surface area contributed by atoms with E-state index in [0.29, 0.717) is 0 Å². The van der Waals surface area contributed by atoms with Gasteiger partial charge in [-0.25, -0.2) is 0 Å². The number of aryl methyl sites for hydroxylation is 1. The number of nitrogens with one attached hydrogen (secondary N) is 1. The Morgan fingerprint density at radius 3 is 2.81 bits per heavy atom. The average molecular weight is 290 g/mol. The Labute approximate surface area is 125 Å². The summed E-state index contributed by atoms with van der Waals surface area (Å²) >= 11 is 0. The summed E-state index contributed by atoms with van der Waals surface area (Å²) in [6.45, 7) is 3.88. The SMILES string of the molecule is COc1ccc(C(C)NCCCn2ccnn2)c(OC)c1. The zero-order chi connectivity index (χ0) is 15.1. The third-order valence-electron chi connectivity index (χ3n) is 3.39. The molecule has 1 aromatic carbocycles. The van der Waals surface area contributed by atoms with Crippen LogP contribution in [-0.4, -0.2) is 35.8 Å². The van der Waals surface area contributed by atoms with E-state index in [1.54, 1.807) is 20.4 Å². The predicted octanol–water partition coefficient (Wildman–Crippen LogP) is 2.04. The van der Waals surface area contributed by atoms with Crippen LogP contribution in [0.1, 0.15) is 24.9 Å². The predicted molar refractivity (Wildman–Crippen MR) is 80.6 cm³/mol. The third-order valence-corrected chi connectivity index (χ3v) is 3.39. The Hall–Kier alpha value is -2.08. The Morgan fingerprint density at radius 1 is 1.29 bits per heavy atom. The first kappa shape index (κ1) is 15.3. The molecule has 0 aliphatic carbocycles. The van der Waals surface area contributed by atoms with Crippen molar-refractivity contribution in [1.29, 1.82) is 0 Å². The number of nitrogens with zero attached hydrogens (tertiary/aromatic N) is 3. The van der Waals surface area contributed by atoms with Gasteiger partial charge in [-0.1, -0.05) is 11.3 Å². The number of hydrogen-bond acceptors (Lipinski definition) is 5. The molecule has 2 aromatic rings. The Bertz CT molecular complexity index is 543. The van der Waals surface area contributed by atoms with Crippen LogP contribution in [0.15, 0.2) is 30.6 Å². The van der Waals surface area contributed by atoms with Gasteiger partial charge in [-0.3, -0.25) is 4.68 Å². The van der Waals surface area contributed by atoms with Crippen molar-refractivity contribution in [3.63, 3.8) is 0 Å². The fraction of sp³-hybridized carbons (Fsp3) is 0.467. The van der Waals surface area contributed by atoms with Crippen molar-refractivity contribution in [2.45, 2.75) is 25.9 Å². The highest BCUT2D eigenvalue weighted by molar-refractivity contribution is 5.42. The van der Waals surface area contributed by atoms with Crippen molar-refractivity contribution in [3.8, 4) is 11.5 Å². The van der Waals surface area contributed by atoms with Crippen LogP contribution in [0.25, 0.3) is 0 Å². The van der Waals surface area contributed by atoms with E-state index in [-0.39, 0.29) is 6.04 Å². The molecule has 1 atom stereocenters. The minimum absolute atomic E-state index is 0.210. The summed E-state index contributed by atoms with van der Waals surface area (Å²) in [7, 11) is 3.33. The second-order valence-corrected chi connectivity index (χ2v) is 4.80.